The molecule has 0 saturated heterocycles. The fourth-order valence-electron chi connectivity index (χ4n) is 3.72. The largest absolute Gasteiger partial charge is 0.447 e. The molecule has 32 heavy (non-hydrogen) atoms. The average Bonchev–Trinajstić information content (AvgIpc) is 2.75. The maximum atomic E-state index is 12.3. The van der Waals surface area contributed by atoms with E-state index in [9.17, 15) is 4.79 Å². The minimum Gasteiger partial charge on any atom is -0.447 e. The zero-order chi connectivity index (χ0) is 23.7. The molecule has 2 aromatic rings. The molecule has 0 atom stereocenters. The third-order valence-electron chi connectivity index (χ3n) is 5.36. The molecule has 0 bridgehead atoms. The Kier molecular flexibility index (Phi) is 9.95. The first-order valence-corrected chi connectivity index (χ1v) is 11.9. The van der Waals surface area contributed by atoms with E-state index in [1.54, 1.807) is 11.9 Å². The number of likely N-dealkylation sites (N-methyl/N-ethyl adjacent to an activating group) is 1. The summed E-state index contributed by atoms with van der Waals surface area (Å²) in [5.74, 6) is 1.85. The van der Waals surface area contributed by atoms with Crippen molar-refractivity contribution in [1.82, 2.24) is 14.9 Å². The van der Waals surface area contributed by atoms with E-state index in [1.807, 2.05) is 19.9 Å². The van der Waals surface area contributed by atoms with Crippen LogP contribution in [0.4, 0.5) is 10.6 Å². The predicted molar refractivity (Wildman–Crippen MR) is 131 cm³/mol. The SMILES string of the molecule is CCCN(c1nc(Cc2ccccc2)nc(CC)c1CCN(C)C(=O)OC(C)C)C(C)C. The first-order chi connectivity index (χ1) is 15.3. The van der Waals surface area contributed by atoms with Crippen LogP contribution in [0.3, 0.4) is 0 Å². The van der Waals surface area contributed by atoms with Gasteiger partial charge < -0.3 is 14.5 Å². The van der Waals surface area contributed by atoms with Crippen LogP contribution in [0.15, 0.2) is 30.3 Å². The molecule has 0 saturated carbocycles. The number of rotatable bonds is 11. The molecule has 0 spiro atoms. The summed E-state index contributed by atoms with van der Waals surface area (Å²) < 4.78 is 5.34. The molecule has 2 rings (SSSR count). The summed E-state index contributed by atoms with van der Waals surface area (Å²) in [5.41, 5.74) is 3.40. The molecule has 1 aromatic carbocycles. The molecule has 1 heterocycles. The third kappa shape index (κ3) is 7.21. The molecule has 0 N–H and O–H groups in total. The summed E-state index contributed by atoms with van der Waals surface area (Å²) in [6.45, 7) is 14.0. The second-order valence-electron chi connectivity index (χ2n) is 8.80. The van der Waals surface area contributed by atoms with Gasteiger partial charge in [0.15, 0.2) is 0 Å². The Hall–Kier alpha value is -2.63. The Balaban J connectivity index is 2.41. The summed E-state index contributed by atoms with van der Waals surface area (Å²) in [5, 5.41) is 0. The highest BCUT2D eigenvalue weighted by Gasteiger charge is 2.22. The van der Waals surface area contributed by atoms with Crippen molar-refractivity contribution in [2.75, 3.05) is 25.0 Å². The number of aryl methyl sites for hydroxylation is 1. The molecule has 1 aromatic heterocycles. The van der Waals surface area contributed by atoms with Crippen LogP contribution in [-0.2, 0) is 24.0 Å². The minimum atomic E-state index is -0.296. The maximum Gasteiger partial charge on any atom is 0.409 e. The third-order valence-corrected chi connectivity index (χ3v) is 5.36. The lowest BCUT2D eigenvalue weighted by molar-refractivity contribution is 0.0843. The van der Waals surface area contributed by atoms with Gasteiger partial charge in [0.05, 0.1) is 6.10 Å². The van der Waals surface area contributed by atoms with Crippen LogP contribution in [0.5, 0.6) is 0 Å². The Morgan fingerprint density at radius 1 is 1.03 bits per heavy atom. The summed E-state index contributed by atoms with van der Waals surface area (Å²) in [7, 11) is 1.78. The number of nitrogens with zero attached hydrogens (tertiary/aromatic N) is 4. The monoisotopic (exact) mass is 440 g/mol. The van der Waals surface area contributed by atoms with Gasteiger partial charge in [-0.05, 0) is 52.5 Å². The fraction of sp³-hybridized carbons (Fsp3) is 0.577. The van der Waals surface area contributed by atoms with Gasteiger partial charge in [-0.2, -0.15) is 0 Å². The van der Waals surface area contributed by atoms with Crippen molar-refractivity contribution >= 4 is 11.9 Å². The second kappa shape index (κ2) is 12.4. The fourth-order valence-corrected chi connectivity index (χ4v) is 3.72. The van der Waals surface area contributed by atoms with Crippen molar-refractivity contribution in [3.05, 3.63) is 53.0 Å². The highest BCUT2D eigenvalue weighted by molar-refractivity contribution is 5.67. The number of aromatic nitrogens is 2. The first kappa shape index (κ1) is 25.6. The first-order valence-electron chi connectivity index (χ1n) is 11.9. The molecule has 0 aliphatic carbocycles. The van der Waals surface area contributed by atoms with E-state index in [4.69, 9.17) is 14.7 Å². The summed E-state index contributed by atoms with van der Waals surface area (Å²) in [6, 6.07) is 10.7. The minimum absolute atomic E-state index is 0.131. The van der Waals surface area contributed by atoms with E-state index < -0.39 is 0 Å². The Morgan fingerprint density at radius 3 is 2.28 bits per heavy atom. The van der Waals surface area contributed by atoms with Gasteiger partial charge in [0, 0.05) is 43.9 Å². The van der Waals surface area contributed by atoms with Crippen molar-refractivity contribution in [2.45, 2.75) is 79.4 Å². The van der Waals surface area contributed by atoms with Crippen LogP contribution < -0.4 is 4.90 Å². The topological polar surface area (TPSA) is 58.6 Å². The molecule has 0 radical (unpaired) electrons. The highest BCUT2D eigenvalue weighted by Crippen LogP contribution is 2.26. The number of amides is 1. The predicted octanol–water partition coefficient (Wildman–Crippen LogP) is 5.27. The molecule has 0 aliphatic rings. The van der Waals surface area contributed by atoms with Gasteiger partial charge in [0.1, 0.15) is 11.6 Å². The summed E-state index contributed by atoms with van der Waals surface area (Å²) >= 11 is 0. The number of hydrogen-bond donors (Lipinski definition) is 0. The zero-order valence-electron chi connectivity index (χ0n) is 20.9. The van der Waals surface area contributed by atoms with Crippen LogP contribution in [0.2, 0.25) is 0 Å². The van der Waals surface area contributed by atoms with Crippen molar-refractivity contribution < 1.29 is 9.53 Å². The highest BCUT2D eigenvalue weighted by atomic mass is 16.6. The van der Waals surface area contributed by atoms with Crippen molar-refractivity contribution in [1.29, 1.82) is 0 Å². The van der Waals surface area contributed by atoms with E-state index in [1.165, 1.54) is 5.56 Å². The summed E-state index contributed by atoms with van der Waals surface area (Å²) in [6.07, 6.45) is 2.84. The van der Waals surface area contributed by atoms with Gasteiger partial charge >= 0.3 is 6.09 Å². The number of carbonyl (C=O) groups excluding carboxylic acids is 1. The molecule has 0 unspecified atom stereocenters. The molecule has 6 nitrogen and oxygen atoms in total. The van der Waals surface area contributed by atoms with Gasteiger partial charge in [0.25, 0.3) is 0 Å². The van der Waals surface area contributed by atoms with Gasteiger partial charge in [-0.25, -0.2) is 14.8 Å². The van der Waals surface area contributed by atoms with Gasteiger partial charge in [-0.15, -0.1) is 0 Å². The number of benzene rings is 1. The molecular weight excluding hydrogens is 400 g/mol. The zero-order valence-corrected chi connectivity index (χ0v) is 20.9. The molecule has 1 amide bonds. The van der Waals surface area contributed by atoms with Gasteiger partial charge in [-0.1, -0.05) is 44.2 Å². The van der Waals surface area contributed by atoms with E-state index in [2.05, 4.69) is 56.9 Å². The molecular formula is C26H40N4O2. The number of hydrogen-bond acceptors (Lipinski definition) is 5. The van der Waals surface area contributed by atoms with Crippen LogP contribution >= 0.6 is 0 Å². The Labute approximate surface area is 194 Å². The van der Waals surface area contributed by atoms with E-state index in [-0.39, 0.29) is 12.2 Å². The lowest BCUT2D eigenvalue weighted by Crippen LogP contribution is -2.35. The standard InChI is InChI=1S/C26H40N4O2/c1-8-16-30(19(3)4)25-22(15-17-29(7)26(31)32-20(5)6)23(9-2)27-24(28-25)18-21-13-11-10-12-14-21/h10-14,19-20H,8-9,15-18H2,1-7H3. The van der Waals surface area contributed by atoms with E-state index in [0.717, 1.165) is 42.3 Å². The van der Waals surface area contributed by atoms with Crippen LogP contribution in [0.1, 0.15) is 70.6 Å². The lowest BCUT2D eigenvalue weighted by Gasteiger charge is -2.31. The van der Waals surface area contributed by atoms with Crippen LogP contribution in [0, 0.1) is 0 Å². The van der Waals surface area contributed by atoms with Crippen molar-refractivity contribution in [2.24, 2.45) is 0 Å². The molecule has 0 aliphatic heterocycles. The van der Waals surface area contributed by atoms with Gasteiger partial charge in [0.2, 0.25) is 0 Å². The van der Waals surface area contributed by atoms with Crippen molar-refractivity contribution in [3.8, 4) is 0 Å². The van der Waals surface area contributed by atoms with Crippen LogP contribution in [0.25, 0.3) is 0 Å². The molecule has 6 heteroatoms. The quantitative estimate of drug-likeness (QED) is 0.476. The molecule has 0 fully saturated rings. The Bertz CT molecular complexity index is 852. The normalized spacial score (nSPS) is 11.2. The van der Waals surface area contributed by atoms with E-state index >= 15 is 0 Å². The van der Waals surface area contributed by atoms with Gasteiger partial charge in [-0.3, -0.25) is 0 Å². The summed E-state index contributed by atoms with van der Waals surface area (Å²) in [4.78, 5) is 26.3. The van der Waals surface area contributed by atoms with E-state index in [0.29, 0.717) is 25.4 Å². The number of ether oxygens (including phenoxy) is 1. The lowest BCUT2D eigenvalue weighted by atomic mass is 10.1. The maximum absolute atomic E-state index is 12.3. The Morgan fingerprint density at radius 2 is 1.72 bits per heavy atom. The average molecular weight is 441 g/mol. The number of carbonyl (C=O) groups is 1. The number of anilines is 1. The van der Waals surface area contributed by atoms with Crippen molar-refractivity contribution in [3.63, 3.8) is 0 Å². The smallest absolute Gasteiger partial charge is 0.409 e. The second-order valence-corrected chi connectivity index (χ2v) is 8.80. The van der Waals surface area contributed by atoms with Crippen LogP contribution in [-0.4, -0.2) is 53.2 Å². The molecule has 176 valence electrons.